The molecule has 0 unspecified atom stereocenters. The van der Waals surface area contributed by atoms with Crippen LogP contribution in [0.4, 0.5) is 24.5 Å². The minimum absolute atomic E-state index is 0.0800. The van der Waals surface area contributed by atoms with Gasteiger partial charge in [-0.15, -0.1) is 0 Å². The zero-order chi connectivity index (χ0) is 25.0. The van der Waals surface area contributed by atoms with Gasteiger partial charge >= 0.3 is 6.18 Å². The van der Waals surface area contributed by atoms with Crippen LogP contribution in [0, 0.1) is 27.7 Å². The molecule has 3 rings (SSSR count). The minimum atomic E-state index is -4.55. The molecule has 4 nitrogen and oxygen atoms in total. The van der Waals surface area contributed by atoms with E-state index in [2.05, 4.69) is 10.6 Å². The highest BCUT2D eigenvalue weighted by Crippen LogP contribution is 2.30. The number of anilines is 2. The lowest BCUT2D eigenvalue weighted by atomic mass is 10.0. The topological polar surface area (TPSA) is 58.2 Å². The van der Waals surface area contributed by atoms with Crippen molar-refractivity contribution in [2.75, 3.05) is 10.6 Å². The first-order chi connectivity index (χ1) is 15.9. The van der Waals surface area contributed by atoms with Crippen molar-refractivity contribution in [3.63, 3.8) is 0 Å². The van der Waals surface area contributed by atoms with Crippen molar-refractivity contribution < 1.29 is 22.8 Å². The number of amides is 2. The predicted molar refractivity (Wildman–Crippen MR) is 129 cm³/mol. The molecule has 0 radical (unpaired) electrons. The molecule has 0 heterocycles. The van der Waals surface area contributed by atoms with Crippen LogP contribution in [-0.4, -0.2) is 11.8 Å². The second kappa shape index (κ2) is 9.95. The highest BCUT2D eigenvalue weighted by molar-refractivity contribution is 6.29. The van der Waals surface area contributed by atoms with Crippen LogP contribution >= 0.6 is 0 Å². The molecule has 2 N–H and O–H groups in total. The van der Waals surface area contributed by atoms with E-state index in [-0.39, 0.29) is 11.1 Å². The highest BCUT2D eigenvalue weighted by Gasteiger charge is 2.30. The van der Waals surface area contributed by atoms with Gasteiger partial charge in [0.15, 0.2) is 0 Å². The first-order valence-electron chi connectivity index (χ1n) is 10.6. The van der Waals surface area contributed by atoms with E-state index in [4.69, 9.17) is 0 Å². The van der Waals surface area contributed by atoms with Gasteiger partial charge in [-0.1, -0.05) is 47.5 Å². The summed E-state index contributed by atoms with van der Waals surface area (Å²) < 4.78 is 39.5. The quantitative estimate of drug-likeness (QED) is 0.253. The number of halogens is 3. The van der Waals surface area contributed by atoms with Crippen LogP contribution in [0.15, 0.2) is 66.2 Å². The Hall–Kier alpha value is -3.87. The van der Waals surface area contributed by atoms with Gasteiger partial charge in [-0.3, -0.25) is 9.59 Å². The Bertz CT molecular complexity index is 1210. The molecule has 0 spiro atoms. The van der Waals surface area contributed by atoms with E-state index in [1.54, 1.807) is 12.1 Å². The van der Waals surface area contributed by atoms with Gasteiger partial charge in [-0.2, -0.15) is 13.2 Å². The van der Waals surface area contributed by atoms with E-state index in [0.717, 1.165) is 40.5 Å². The predicted octanol–water partition coefficient (Wildman–Crippen LogP) is 6.60. The standard InChI is InChI=1S/C27H25F3N2O2/c1-16-8-10-23(18(3)12-16)31-25(33)22(15-20-6-5-7-21(14-20)27(28,29)30)26(34)32-24-11-9-17(2)13-19(24)4/h5-15H,1-4H3,(H,31,33)(H,32,34). The van der Waals surface area contributed by atoms with Gasteiger partial charge in [0.1, 0.15) is 5.57 Å². The van der Waals surface area contributed by atoms with Crippen molar-refractivity contribution >= 4 is 29.3 Å². The summed E-state index contributed by atoms with van der Waals surface area (Å²) in [7, 11) is 0. The van der Waals surface area contributed by atoms with Gasteiger partial charge < -0.3 is 10.6 Å². The molecular weight excluding hydrogens is 441 g/mol. The number of aryl methyl sites for hydroxylation is 4. The third-order valence-corrected chi connectivity index (χ3v) is 5.27. The number of rotatable bonds is 5. The van der Waals surface area contributed by atoms with E-state index in [0.29, 0.717) is 11.4 Å². The summed E-state index contributed by atoms with van der Waals surface area (Å²) in [5.74, 6) is -1.46. The van der Waals surface area contributed by atoms with Gasteiger partial charge in [0.05, 0.1) is 5.56 Å². The van der Waals surface area contributed by atoms with Crippen LogP contribution in [0.3, 0.4) is 0 Å². The fourth-order valence-corrected chi connectivity index (χ4v) is 3.49. The lowest BCUT2D eigenvalue weighted by Crippen LogP contribution is -2.26. The Morgan fingerprint density at radius 3 is 1.68 bits per heavy atom. The average molecular weight is 467 g/mol. The summed E-state index contributed by atoms with van der Waals surface area (Å²) in [5.41, 5.74) is 3.49. The normalized spacial score (nSPS) is 11.0. The van der Waals surface area contributed by atoms with E-state index >= 15 is 0 Å². The number of alkyl halides is 3. The van der Waals surface area contributed by atoms with Gasteiger partial charge in [0, 0.05) is 11.4 Å². The molecule has 0 fully saturated rings. The summed E-state index contributed by atoms with van der Waals surface area (Å²) in [6.45, 7) is 7.45. The Morgan fingerprint density at radius 2 is 1.24 bits per heavy atom. The largest absolute Gasteiger partial charge is 0.416 e. The first kappa shape index (κ1) is 24.8. The molecule has 0 saturated carbocycles. The van der Waals surface area contributed by atoms with Gasteiger partial charge in [0.2, 0.25) is 0 Å². The van der Waals surface area contributed by atoms with Gasteiger partial charge in [-0.05, 0) is 74.7 Å². The molecule has 0 aliphatic rings. The summed E-state index contributed by atoms with van der Waals surface area (Å²) in [6, 6.07) is 15.3. The fourth-order valence-electron chi connectivity index (χ4n) is 3.49. The van der Waals surface area contributed by atoms with Crippen molar-refractivity contribution in [2.24, 2.45) is 0 Å². The lowest BCUT2D eigenvalue weighted by molar-refractivity contribution is -0.137. The smallest absolute Gasteiger partial charge is 0.322 e. The van der Waals surface area contributed by atoms with Gasteiger partial charge in [-0.25, -0.2) is 0 Å². The van der Waals surface area contributed by atoms with E-state index < -0.39 is 23.6 Å². The Balaban J connectivity index is 2.00. The molecule has 0 bridgehead atoms. The molecule has 7 heteroatoms. The number of hydrogen-bond donors (Lipinski definition) is 2. The second-order valence-corrected chi connectivity index (χ2v) is 8.23. The molecular formula is C27H25F3N2O2. The SMILES string of the molecule is Cc1ccc(NC(=O)C(=Cc2cccc(C(F)(F)F)c2)C(=O)Nc2ccc(C)cc2C)c(C)c1. The molecule has 2 amide bonds. The van der Waals surface area contributed by atoms with Crippen molar-refractivity contribution in [1.29, 1.82) is 0 Å². The summed E-state index contributed by atoms with van der Waals surface area (Å²) in [5, 5.41) is 5.41. The van der Waals surface area contributed by atoms with Crippen molar-refractivity contribution in [3.05, 3.63) is 99.6 Å². The molecule has 34 heavy (non-hydrogen) atoms. The summed E-state index contributed by atoms with van der Waals surface area (Å²) in [4.78, 5) is 26.3. The highest BCUT2D eigenvalue weighted by atomic mass is 19.4. The molecule has 3 aromatic rings. The van der Waals surface area contributed by atoms with Gasteiger partial charge in [0.25, 0.3) is 11.8 Å². The van der Waals surface area contributed by atoms with E-state index in [1.165, 1.54) is 12.1 Å². The van der Waals surface area contributed by atoms with Crippen LogP contribution < -0.4 is 10.6 Å². The molecule has 0 aliphatic carbocycles. The van der Waals surface area contributed by atoms with Crippen molar-refractivity contribution in [1.82, 2.24) is 0 Å². The van der Waals surface area contributed by atoms with Crippen LogP contribution in [0.2, 0.25) is 0 Å². The molecule has 0 saturated heterocycles. The summed E-state index contributed by atoms with van der Waals surface area (Å²) >= 11 is 0. The zero-order valence-electron chi connectivity index (χ0n) is 19.3. The molecule has 0 atom stereocenters. The maximum Gasteiger partial charge on any atom is 0.416 e. The number of carbonyl (C=O) groups is 2. The van der Waals surface area contributed by atoms with Crippen LogP contribution in [0.5, 0.6) is 0 Å². The molecule has 0 aromatic heterocycles. The fraction of sp³-hybridized carbons (Fsp3) is 0.185. The van der Waals surface area contributed by atoms with Crippen LogP contribution in [0.25, 0.3) is 6.08 Å². The molecule has 3 aromatic carbocycles. The average Bonchev–Trinajstić information content (AvgIpc) is 2.75. The maximum atomic E-state index is 13.2. The Morgan fingerprint density at radius 1 is 0.735 bits per heavy atom. The first-order valence-corrected chi connectivity index (χ1v) is 10.6. The Kier molecular flexibility index (Phi) is 7.25. The number of benzene rings is 3. The van der Waals surface area contributed by atoms with E-state index in [1.807, 2.05) is 52.0 Å². The third-order valence-electron chi connectivity index (χ3n) is 5.27. The monoisotopic (exact) mass is 466 g/mol. The summed E-state index contributed by atoms with van der Waals surface area (Å²) in [6.07, 6.45) is -3.39. The maximum absolute atomic E-state index is 13.2. The number of nitrogens with one attached hydrogen (secondary N) is 2. The molecule has 176 valence electrons. The van der Waals surface area contributed by atoms with Crippen LogP contribution in [0.1, 0.15) is 33.4 Å². The second-order valence-electron chi connectivity index (χ2n) is 8.23. The lowest BCUT2D eigenvalue weighted by Gasteiger charge is -2.14. The number of carbonyl (C=O) groups excluding carboxylic acids is 2. The van der Waals surface area contributed by atoms with Crippen molar-refractivity contribution in [3.8, 4) is 0 Å². The minimum Gasteiger partial charge on any atom is -0.322 e. The van der Waals surface area contributed by atoms with Crippen molar-refractivity contribution in [2.45, 2.75) is 33.9 Å². The van der Waals surface area contributed by atoms with E-state index in [9.17, 15) is 22.8 Å². The number of hydrogen-bond acceptors (Lipinski definition) is 2. The molecule has 0 aliphatic heterocycles. The van der Waals surface area contributed by atoms with Crippen LogP contribution in [-0.2, 0) is 15.8 Å². The Labute approximate surface area is 196 Å². The zero-order valence-corrected chi connectivity index (χ0v) is 19.3. The third kappa shape index (κ3) is 6.13.